The molecule has 0 saturated carbocycles. The first-order valence-corrected chi connectivity index (χ1v) is 11.0. The number of hydrogen-bond acceptors (Lipinski definition) is 3. The van der Waals surface area contributed by atoms with Gasteiger partial charge in [0.1, 0.15) is 5.75 Å². The molecule has 5 rings (SSSR count). The van der Waals surface area contributed by atoms with Gasteiger partial charge in [-0.2, -0.15) is 0 Å². The van der Waals surface area contributed by atoms with Gasteiger partial charge in [0, 0.05) is 36.7 Å². The van der Waals surface area contributed by atoms with Crippen LogP contribution in [0.3, 0.4) is 0 Å². The van der Waals surface area contributed by atoms with Crippen molar-refractivity contribution in [2.75, 3.05) is 20.2 Å². The van der Waals surface area contributed by atoms with Crippen LogP contribution >= 0.6 is 0 Å². The molecule has 1 unspecified atom stereocenters. The molecule has 2 heterocycles. The maximum Gasteiger partial charge on any atom is 0.123 e. The average Bonchev–Trinajstić information content (AvgIpc) is 3.42. The van der Waals surface area contributed by atoms with Gasteiger partial charge < -0.3 is 10.1 Å². The van der Waals surface area contributed by atoms with Crippen molar-refractivity contribution in [2.45, 2.75) is 31.0 Å². The molecular formula is C27H30N2O. The Labute approximate surface area is 179 Å². The van der Waals surface area contributed by atoms with Gasteiger partial charge >= 0.3 is 0 Å². The Balaban J connectivity index is 1.47. The van der Waals surface area contributed by atoms with Crippen LogP contribution in [0.4, 0.5) is 0 Å². The Morgan fingerprint density at radius 1 is 0.900 bits per heavy atom. The topological polar surface area (TPSA) is 24.5 Å². The zero-order valence-electron chi connectivity index (χ0n) is 17.6. The van der Waals surface area contributed by atoms with E-state index < -0.39 is 0 Å². The normalized spacial score (nSPS) is 25.0. The second kappa shape index (κ2) is 8.63. The summed E-state index contributed by atoms with van der Waals surface area (Å²) in [5, 5.41) is 3.95. The molecule has 2 aliphatic heterocycles. The molecule has 30 heavy (non-hydrogen) atoms. The first kappa shape index (κ1) is 19.3. The van der Waals surface area contributed by atoms with Crippen molar-refractivity contribution in [1.29, 1.82) is 0 Å². The van der Waals surface area contributed by atoms with Gasteiger partial charge in [-0.05, 0) is 36.1 Å². The fraction of sp³-hybridized carbons (Fsp3) is 0.333. The van der Waals surface area contributed by atoms with Gasteiger partial charge in [-0.1, -0.05) is 78.9 Å². The highest BCUT2D eigenvalue weighted by atomic mass is 16.5. The third kappa shape index (κ3) is 3.64. The molecule has 1 N–H and O–H groups in total. The molecule has 3 heteroatoms. The molecule has 3 aromatic carbocycles. The van der Waals surface area contributed by atoms with E-state index >= 15 is 0 Å². The molecule has 154 valence electrons. The largest absolute Gasteiger partial charge is 0.496 e. The van der Waals surface area contributed by atoms with Gasteiger partial charge in [0.05, 0.1) is 7.11 Å². The van der Waals surface area contributed by atoms with Gasteiger partial charge in [-0.25, -0.2) is 0 Å². The number of fused-ring (bicyclic) bond motifs is 2. The van der Waals surface area contributed by atoms with Crippen molar-refractivity contribution in [3.05, 3.63) is 102 Å². The number of para-hydroxylation sites is 1. The van der Waals surface area contributed by atoms with Crippen molar-refractivity contribution < 1.29 is 4.74 Å². The van der Waals surface area contributed by atoms with Crippen molar-refractivity contribution in [3.63, 3.8) is 0 Å². The Hall–Kier alpha value is -2.62. The van der Waals surface area contributed by atoms with E-state index in [9.17, 15) is 0 Å². The summed E-state index contributed by atoms with van der Waals surface area (Å²) in [6.45, 7) is 3.24. The van der Waals surface area contributed by atoms with Crippen LogP contribution in [0.15, 0.2) is 84.9 Å². The highest BCUT2D eigenvalue weighted by Crippen LogP contribution is 2.43. The van der Waals surface area contributed by atoms with Crippen molar-refractivity contribution >= 4 is 0 Å². The molecule has 2 saturated heterocycles. The zero-order valence-corrected chi connectivity index (χ0v) is 17.6. The van der Waals surface area contributed by atoms with Crippen molar-refractivity contribution in [2.24, 2.45) is 5.92 Å². The van der Waals surface area contributed by atoms with Crippen LogP contribution < -0.4 is 10.1 Å². The lowest BCUT2D eigenvalue weighted by atomic mass is 9.78. The monoisotopic (exact) mass is 398 g/mol. The van der Waals surface area contributed by atoms with Gasteiger partial charge in [0.2, 0.25) is 0 Å². The molecule has 2 bridgehead atoms. The lowest BCUT2D eigenvalue weighted by molar-refractivity contribution is 0.197. The molecule has 3 nitrogen and oxygen atoms in total. The van der Waals surface area contributed by atoms with Crippen molar-refractivity contribution in [1.82, 2.24) is 10.2 Å². The second-order valence-corrected chi connectivity index (χ2v) is 8.55. The van der Waals surface area contributed by atoms with E-state index in [0.717, 1.165) is 12.3 Å². The third-order valence-corrected chi connectivity index (χ3v) is 6.93. The highest BCUT2D eigenvalue weighted by Gasteiger charge is 2.49. The quantitative estimate of drug-likeness (QED) is 0.625. The first-order valence-electron chi connectivity index (χ1n) is 11.0. The van der Waals surface area contributed by atoms with Gasteiger partial charge in [-0.15, -0.1) is 0 Å². The number of methoxy groups -OCH3 is 1. The summed E-state index contributed by atoms with van der Waals surface area (Å²) in [6, 6.07) is 31.4. The number of piperidine rings is 1. The average molecular weight is 399 g/mol. The van der Waals surface area contributed by atoms with Crippen LogP contribution in [-0.4, -0.2) is 37.2 Å². The van der Waals surface area contributed by atoms with Gasteiger partial charge in [0.25, 0.3) is 0 Å². The van der Waals surface area contributed by atoms with Crippen LogP contribution in [0.1, 0.15) is 29.0 Å². The molecule has 0 radical (unpaired) electrons. The van der Waals surface area contributed by atoms with Crippen LogP contribution in [0.25, 0.3) is 0 Å². The number of nitrogens with one attached hydrogen (secondary N) is 1. The number of hydrogen-bond donors (Lipinski definition) is 1. The standard InChI is InChI=1S/C27H30N2O/c1-30-24-15-9-8-14-22(24)18-28-26-23-16-17-29(19-23)27(26)25(20-10-4-2-5-11-20)21-12-6-3-7-13-21/h2-15,23,25-28H,16-19H2,1H3/t23-,26-,27+/m0/s1. The van der Waals surface area contributed by atoms with Crippen LogP contribution in [-0.2, 0) is 6.54 Å². The second-order valence-electron chi connectivity index (χ2n) is 8.55. The predicted octanol–water partition coefficient (Wildman–Crippen LogP) is 4.69. The molecular weight excluding hydrogens is 368 g/mol. The molecule has 2 aliphatic rings. The fourth-order valence-electron chi connectivity index (χ4n) is 5.58. The lowest BCUT2D eigenvalue weighted by Gasteiger charge is -2.39. The Kier molecular flexibility index (Phi) is 5.56. The summed E-state index contributed by atoms with van der Waals surface area (Å²) in [5.74, 6) is 2.04. The van der Waals surface area contributed by atoms with E-state index in [1.807, 2.05) is 6.07 Å². The van der Waals surface area contributed by atoms with E-state index in [4.69, 9.17) is 4.74 Å². The van der Waals surface area contributed by atoms with E-state index in [1.54, 1.807) is 7.11 Å². The summed E-state index contributed by atoms with van der Waals surface area (Å²) >= 11 is 0. The fourth-order valence-corrected chi connectivity index (χ4v) is 5.58. The Morgan fingerprint density at radius 3 is 2.20 bits per heavy atom. The van der Waals surface area contributed by atoms with E-state index in [1.165, 1.54) is 36.2 Å². The Bertz CT molecular complexity index is 919. The minimum absolute atomic E-state index is 0.368. The highest BCUT2D eigenvalue weighted by molar-refractivity contribution is 5.37. The predicted molar refractivity (Wildman–Crippen MR) is 122 cm³/mol. The summed E-state index contributed by atoms with van der Waals surface area (Å²) in [4.78, 5) is 2.72. The number of ether oxygens (including phenoxy) is 1. The van der Waals surface area contributed by atoms with Crippen LogP contribution in [0.5, 0.6) is 5.75 Å². The molecule has 3 aromatic rings. The minimum Gasteiger partial charge on any atom is -0.496 e. The molecule has 0 aliphatic carbocycles. The lowest BCUT2D eigenvalue weighted by Crippen LogP contribution is -2.50. The maximum absolute atomic E-state index is 5.58. The van der Waals surface area contributed by atoms with Gasteiger partial charge in [-0.3, -0.25) is 4.90 Å². The van der Waals surface area contributed by atoms with Crippen LogP contribution in [0.2, 0.25) is 0 Å². The van der Waals surface area contributed by atoms with E-state index in [0.29, 0.717) is 23.9 Å². The Morgan fingerprint density at radius 2 is 1.53 bits per heavy atom. The van der Waals surface area contributed by atoms with Gasteiger partial charge in [0.15, 0.2) is 0 Å². The summed E-state index contributed by atoms with van der Waals surface area (Å²) in [6.07, 6.45) is 1.29. The number of rotatable bonds is 7. The summed E-state index contributed by atoms with van der Waals surface area (Å²) < 4.78 is 5.58. The molecule has 2 fully saturated rings. The third-order valence-electron chi connectivity index (χ3n) is 6.93. The van der Waals surface area contributed by atoms with Crippen LogP contribution in [0, 0.1) is 5.92 Å². The SMILES string of the molecule is COc1ccccc1CN[C@H]1[C@H]2CCN(C2)[C@@H]1C(c1ccccc1)c1ccccc1. The smallest absolute Gasteiger partial charge is 0.123 e. The number of nitrogens with zero attached hydrogens (tertiary/aromatic N) is 1. The first-order chi connectivity index (χ1) is 14.8. The molecule has 4 atom stereocenters. The molecule has 0 amide bonds. The van der Waals surface area contributed by atoms with E-state index in [-0.39, 0.29) is 0 Å². The maximum atomic E-state index is 5.58. The number of benzene rings is 3. The molecule has 0 aromatic heterocycles. The summed E-state index contributed by atoms with van der Waals surface area (Å²) in [7, 11) is 1.76. The minimum atomic E-state index is 0.368. The van der Waals surface area contributed by atoms with E-state index in [2.05, 4.69) is 89.1 Å². The van der Waals surface area contributed by atoms with Crippen molar-refractivity contribution in [3.8, 4) is 5.75 Å². The zero-order chi connectivity index (χ0) is 20.3. The molecule has 0 spiro atoms. The summed E-state index contributed by atoms with van der Waals surface area (Å²) in [5.41, 5.74) is 4.04.